The van der Waals surface area contributed by atoms with Crippen LogP contribution in [0.15, 0.2) is 22.9 Å². The first-order valence-electron chi connectivity index (χ1n) is 6.23. The van der Waals surface area contributed by atoms with Crippen molar-refractivity contribution >= 4 is 46.7 Å². The third-order valence-electron chi connectivity index (χ3n) is 3.44. The number of nitrogens with zero attached hydrogens (tertiary/aromatic N) is 2. The normalized spacial score (nSPS) is 19.6. The number of rotatable bonds is 2. The Bertz CT molecular complexity index is 445. The van der Waals surface area contributed by atoms with Crippen molar-refractivity contribution in [1.82, 2.24) is 9.88 Å². The van der Waals surface area contributed by atoms with Gasteiger partial charge in [0.05, 0.1) is 5.56 Å². The van der Waals surface area contributed by atoms with Crippen molar-refractivity contribution in [1.29, 1.82) is 0 Å². The van der Waals surface area contributed by atoms with Gasteiger partial charge in [-0.25, -0.2) is 0 Å². The molecule has 7 heteroatoms. The lowest BCUT2D eigenvalue weighted by atomic mass is 9.92. The second-order valence-corrected chi connectivity index (χ2v) is 5.82. The van der Waals surface area contributed by atoms with Crippen molar-refractivity contribution in [2.75, 3.05) is 13.1 Å². The highest BCUT2D eigenvalue weighted by Gasteiger charge is 2.26. The van der Waals surface area contributed by atoms with Crippen LogP contribution in [0.3, 0.4) is 0 Å². The summed E-state index contributed by atoms with van der Waals surface area (Å²) >= 11 is 3.34. The number of nitrogens with two attached hydrogens (primary N) is 1. The van der Waals surface area contributed by atoms with Crippen LogP contribution in [0.4, 0.5) is 0 Å². The van der Waals surface area contributed by atoms with Crippen LogP contribution < -0.4 is 5.73 Å². The monoisotopic (exact) mass is 383 g/mol. The van der Waals surface area contributed by atoms with Gasteiger partial charge < -0.3 is 10.6 Å². The lowest BCUT2D eigenvalue weighted by Crippen LogP contribution is -2.45. The van der Waals surface area contributed by atoms with Crippen LogP contribution in [0.1, 0.15) is 30.1 Å². The molecule has 0 spiro atoms. The molecule has 2 atom stereocenters. The highest BCUT2D eigenvalue weighted by atomic mass is 79.9. The molecule has 0 aliphatic carbocycles. The summed E-state index contributed by atoms with van der Waals surface area (Å²) in [5.74, 6) is 0.456. The van der Waals surface area contributed by atoms with Crippen LogP contribution in [-0.2, 0) is 0 Å². The summed E-state index contributed by atoms with van der Waals surface area (Å²) < 4.78 is 0.828. The van der Waals surface area contributed by atoms with E-state index in [1.807, 2.05) is 17.9 Å². The van der Waals surface area contributed by atoms with Crippen LogP contribution in [0.2, 0.25) is 0 Å². The van der Waals surface area contributed by atoms with E-state index in [1.165, 1.54) is 0 Å². The molecule has 0 radical (unpaired) electrons. The van der Waals surface area contributed by atoms with E-state index in [2.05, 4.69) is 20.9 Å². The van der Waals surface area contributed by atoms with E-state index in [0.717, 1.165) is 30.4 Å². The number of carbonyl (C=O) groups excluding carboxylic acids is 1. The molecular formula is C13H20BrCl2N3O. The molecule has 1 amide bonds. The Morgan fingerprint density at radius 2 is 2.20 bits per heavy atom. The molecule has 20 heavy (non-hydrogen) atoms. The van der Waals surface area contributed by atoms with Crippen molar-refractivity contribution in [3.8, 4) is 0 Å². The van der Waals surface area contributed by atoms with E-state index < -0.39 is 0 Å². The Morgan fingerprint density at radius 3 is 2.80 bits per heavy atom. The Hall–Kier alpha value is -0.360. The zero-order chi connectivity index (χ0) is 13.1. The third-order valence-corrected chi connectivity index (χ3v) is 3.87. The number of hydrogen-bond donors (Lipinski definition) is 1. The second kappa shape index (κ2) is 8.82. The standard InChI is InChI=1S/C13H18BrN3O.2ClH/c1-9(15)10-3-2-4-17(8-10)13(18)11-5-12(14)7-16-6-11;;/h5-7,9-10H,2-4,8,15H2,1H3;2*1H. The summed E-state index contributed by atoms with van der Waals surface area (Å²) in [6.45, 7) is 3.58. The molecule has 0 saturated carbocycles. The van der Waals surface area contributed by atoms with E-state index in [4.69, 9.17) is 5.73 Å². The Balaban J connectivity index is 0.00000180. The van der Waals surface area contributed by atoms with Gasteiger partial charge in [-0.15, -0.1) is 24.8 Å². The van der Waals surface area contributed by atoms with E-state index in [1.54, 1.807) is 12.4 Å². The lowest BCUT2D eigenvalue weighted by molar-refractivity contribution is 0.0660. The summed E-state index contributed by atoms with van der Waals surface area (Å²) in [7, 11) is 0. The number of pyridine rings is 1. The number of aromatic nitrogens is 1. The number of halogens is 3. The maximum Gasteiger partial charge on any atom is 0.255 e. The summed E-state index contributed by atoms with van der Waals surface area (Å²) in [6.07, 6.45) is 5.43. The van der Waals surface area contributed by atoms with E-state index >= 15 is 0 Å². The molecule has 1 aromatic rings. The van der Waals surface area contributed by atoms with Gasteiger partial charge in [-0.2, -0.15) is 0 Å². The van der Waals surface area contributed by atoms with Gasteiger partial charge in [0.25, 0.3) is 5.91 Å². The van der Waals surface area contributed by atoms with Gasteiger partial charge in [0.1, 0.15) is 0 Å². The SMILES string of the molecule is CC(N)C1CCCN(C(=O)c2cncc(Br)c2)C1.Cl.Cl. The quantitative estimate of drug-likeness (QED) is 0.852. The molecule has 0 bridgehead atoms. The number of hydrogen-bond acceptors (Lipinski definition) is 3. The molecule has 1 aromatic heterocycles. The molecule has 1 aliphatic heterocycles. The average molecular weight is 385 g/mol. The molecule has 4 nitrogen and oxygen atoms in total. The highest BCUT2D eigenvalue weighted by Crippen LogP contribution is 2.21. The van der Waals surface area contributed by atoms with Crippen molar-refractivity contribution in [3.05, 3.63) is 28.5 Å². The van der Waals surface area contributed by atoms with E-state index in [9.17, 15) is 4.79 Å². The van der Waals surface area contributed by atoms with Gasteiger partial charge >= 0.3 is 0 Å². The Kier molecular flexibility index (Phi) is 8.66. The fourth-order valence-electron chi connectivity index (χ4n) is 2.33. The van der Waals surface area contributed by atoms with Gasteiger partial charge in [-0.05, 0) is 47.7 Å². The van der Waals surface area contributed by atoms with E-state index in [0.29, 0.717) is 11.5 Å². The van der Waals surface area contributed by atoms with Crippen molar-refractivity contribution in [2.24, 2.45) is 11.7 Å². The summed E-state index contributed by atoms with van der Waals surface area (Å²) in [4.78, 5) is 18.3. The van der Waals surface area contributed by atoms with Crippen LogP contribution >= 0.6 is 40.7 Å². The van der Waals surface area contributed by atoms with Gasteiger partial charge in [-0.1, -0.05) is 0 Å². The first kappa shape index (κ1) is 19.6. The second-order valence-electron chi connectivity index (χ2n) is 4.90. The van der Waals surface area contributed by atoms with Crippen molar-refractivity contribution in [3.63, 3.8) is 0 Å². The van der Waals surface area contributed by atoms with Crippen LogP contribution in [0.5, 0.6) is 0 Å². The maximum atomic E-state index is 12.3. The summed E-state index contributed by atoms with van der Waals surface area (Å²) in [5.41, 5.74) is 6.57. The smallest absolute Gasteiger partial charge is 0.255 e. The van der Waals surface area contributed by atoms with Gasteiger partial charge in [0.15, 0.2) is 0 Å². The average Bonchev–Trinajstić information content (AvgIpc) is 2.38. The Labute approximate surface area is 140 Å². The van der Waals surface area contributed by atoms with E-state index in [-0.39, 0.29) is 36.8 Å². The highest BCUT2D eigenvalue weighted by molar-refractivity contribution is 9.10. The predicted octanol–water partition coefficient (Wildman–Crippen LogP) is 2.89. The minimum absolute atomic E-state index is 0. The molecule has 2 heterocycles. The molecule has 114 valence electrons. The third kappa shape index (κ3) is 4.88. The molecule has 1 aliphatic rings. The fourth-order valence-corrected chi connectivity index (χ4v) is 2.70. The minimum atomic E-state index is 0. The van der Waals surface area contributed by atoms with Crippen molar-refractivity contribution < 1.29 is 4.79 Å². The minimum Gasteiger partial charge on any atom is -0.338 e. The number of carbonyl (C=O) groups is 1. The fraction of sp³-hybridized carbons (Fsp3) is 0.538. The van der Waals surface area contributed by atoms with Crippen molar-refractivity contribution in [2.45, 2.75) is 25.8 Å². The topological polar surface area (TPSA) is 59.2 Å². The predicted molar refractivity (Wildman–Crippen MR) is 88.7 cm³/mol. The van der Waals surface area contributed by atoms with Gasteiger partial charge in [0.2, 0.25) is 0 Å². The molecule has 2 unspecified atom stereocenters. The number of amides is 1. The molecule has 2 rings (SSSR count). The number of piperidine rings is 1. The Morgan fingerprint density at radius 1 is 1.50 bits per heavy atom. The van der Waals surface area contributed by atoms with Crippen LogP contribution in [-0.4, -0.2) is 34.9 Å². The number of likely N-dealkylation sites (tertiary alicyclic amines) is 1. The molecule has 1 fully saturated rings. The largest absolute Gasteiger partial charge is 0.338 e. The summed E-state index contributed by atoms with van der Waals surface area (Å²) in [6, 6.07) is 1.95. The molecule has 2 N–H and O–H groups in total. The van der Waals surface area contributed by atoms with Crippen LogP contribution in [0, 0.1) is 5.92 Å². The first-order valence-corrected chi connectivity index (χ1v) is 7.02. The summed E-state index contributed by atoms with van der Waals surface area (Å²) in [5, 5.41) is 0. The zero-order valence-electron chi connectivity index (χ0n) is 11.3. The zero-order valence-corrected chi connectivity index (χ0v) is 14.5. The molecular weight excluding hydrogens is 365 g/mol. The lowest BCUT2D eigenvalue weighted by Gasteiger charge is -2.34. The molecule has 0 aromatic carbocycles. The van der Waals surface area contributed by atoms with Crippen LogP contribution in [0.25, 0.3) is 0 Å². The maximum absolute atomic E-state index is 12.3. The molecule has 1 saturated heterocycles. The van der Waals surface area contributed by atoms with Gasteiger partial charge in [-0.3, -0.25) is 9.78 Å². The first-order chi connectivity index (χ1) is 8.58. The van der Waals surface area contributed by atoms with Gasteiger partial charge in [0, 0.05) is 36.0 Å².